The third-order valence-electron chi connectivity index (χ3n) is 4.61. The molecule has 0 aromatic heterocycles. The van der Waals surface area contributed by atoms with E-state index in [9.17, 15) is 4.79 Å². The molecule has 0 unspecified atom stereocenters. The van der Waals surface area contributed by atoms with Crippen LogP contribution in [0.2, 0.25) is 0 Å². The first-order valence-corrected chi connectivity index (χ1v) is 9.15. The van der Waals surface area contributed by atoms with Crippen LogP contribution in [0, 0.1) is 0 Å². The minimum Gasteiger partial charge on any atom is -0.487 e. The van der Waals surface area contributed by atoms with Crippen molar-refractivity contribution in [2.45, 2.75) is 51.7 Å². The average molecular weight is 353 g/mol. The van der Waals surface area contributed by atoms with Crippen LogP contribution in [0.15, 0.2) is 48.5 Å². The van der Waals surface area contributed by atoms with Crippen LogP contribution in [0.25, 0.3) is 0 Å². The predicted octanol–water partition coefficient (Wildman–Crippen LogP) is 4.61. The van der Waals surface area contributed by atoms with E-state index in [1.165, 1.54) is 0 Å². The van der Waals surface area contributed by atoms with Gasteiger partial charge in [0.1, 0.15) is 17.1 Å². The minimum absolute atomic E-state index is 0.00366. The Morgan fingerprint density at radius 2 is 1.88 bits per heavy atom. The van der Waals surface area contributed by atoms with Crippen LogP contribution in [0.3, 0.4) is 0 Å². The summed E-state index contributed by atoms with van der Waals surface area (Å²) >= 11 is 0. The molecule has 2 aromatic carbocycles. The Morgan fingerprint density at radius 1 is 1.19 bits per heavy atom. The second kappa shape index (κ2) is 7.40. The third-order valence-corrected chi connectivity index (χ3v) is 4.61. The van der Waals surface area contributed by atoms with E-state index >= 15 is 0 Å². The van der Waals surface area contributed by atoms with E-state index in [2.05, 4.69) is 19.2 Å². The summed E-state index contributed by atoms with van der Waals surface area (Å²) in [6, 6.07) is 15.7. The van der Waals surface area contributed by atoms with E-state index in [1.54, 1.807) is 0 Å². The smallest absolute Gasteiger partial charge is 0.258 e. The summed E-state index contributed by atoms with van der Waals surface area (Å²) in [6.45, 7) is 8.31. The molecular weight excluding hydrogens is 326 g/mol. The maximum absolute atomic E-state index is 12.5. The van der Waals surface area contributed by atoms with Crippen molar-refractivity contribution in [3.63, 3.8) is 0 Å². The number of nitrogens with one attached hydrogen (secondary N) is 1. The lowest BCUT2D eigenvalue weighted by molar-refractivity contribution is -0.124. The number of ether oxygens (including phenoxy) is 2. The summed E-state index contributed by atoms with van der Waals surface area (Å²) in [6.07, 6.45) is 0.721. The van der Waals surface area contributed by atoms with E-state index in [4.69, 9.17) is 9.47 Å². The second-order valence-electron chi connectivity index (χ2n) is 7.71. The standard InChI is InChI=1S/C22H27NO3/c1-15(2)16-9-5-7-11-19(16)25-14-21(24)23-18-13-22(3,4)26-20-12-8-6-10-17(18)20/h5-12,15,18H,13-14H2,1-4H3,(H,23,24)/t18-/m0/s1. The lowest BCUT2D eigenvalue weighted by Gasteiger charge is -2.37. The number of amides is 1. The van der Waals surface area contributed by atoms with Gasteiger partial charge in [0.15, 0.2) is 6.61 Å². The van der Waals surface area contributed by atoms with Gasteiger partial charge in [0.05, 0.1) is 6.04 Å². The van der Waals surface area contributed by atoms with Gasteiger partial charge in [0, 0.05) is 12.0 Å². The lowest BCUT2D eigenvalue weighted by atomic mass is 9.89. The van der Waals surface area contributed by atoms with Gasteiger partial charge in [-0.1, -0.05) is 50.2 Å². The molecule has 0 saturated carbocycles. The largest absolute Gasteiger partial charge is 0.487 e. The molecule has 1 amide bonds. The van der Waals surface area contributed by atoms with Crippen LogP contribution in [0.4, 0.5) is 0 Å². The van der Waals surface area contributed by atoms with Crippen molar-refractivity contribution in [3.8, 4) is 11.5 Å². The molecule has 1 heterocycles. The molecule has 0 fully saturated rings. The summed E-state index contributed by atoms with van der Waals surface area (Å²) < 4.78 is 11.8. The number of benzene rings is 2. The van der Waals surface area contributed by atoms with Gasteiger partial charge in [-0.15, -0.1) is 0 Å². The molecule has 1 atom stereocenters. The molecule has 2 aromatic rings. The van der Waals surface area contributed by atoms with Crippen molar-refractivity contribution in [2.75, 3.05) is 6.61 Å². The summed E-state index contributed by atoms with van der Waals surface area (Å²) in [5.41, 5.74) is 1.80. The molecule has 0 saturated heterocycles. The van der Waals surface area contributed by atoms with Gasteiger partial charge in [0.25, 0.3) is 5.91 Å². The zero-order valence-electron chi connectivity index (χ0n) is 15.9. The average Bonchev–Trinajstić information content (AvgIpc) is 2.59. The Labute approximate surface area is 155 Å². The molecule has 4 nitrogen and oxygen atoms in total. The van der Waals surface area contributed by atoms with Crippen molar-refractivity contribution >= 4 is 5.91 Å². The molecule has 138 valence electrons. The molecule has 1 aliphatic rings. The van der Waals surface area contributed by atoms with Crippen LogP contribution in [0.5, 0.6) is 11.5 Å². The van der Waals surface area contributed by atoms with E-state index in [-0.39, 0.29) is 24.2 Å². The Bertz CT molecular complexity index is 782. The molecular formula is C22H27NO3. The van der Waals surface area contributed by atoms with Gasteiger partial charge >= 0.3 is 0 Å². The Kier molecular flexibility index (Phi) is 5.21. The SMILES string of the molecule is CC(C)c1ccccc1OCC(=O)N[C@H]1CC(C)(C)Oc2ccccc21. The zero-order chi connectivity index (χ0) is 18.7. The van der Waals surface area contributed by atoms with Crippen molar-refractivity contribution in [1.82, 2.24) is 5.32 Å². The van der Waals surface area contributed by atoms with Gasteiger partial charge in [-0.05, 0) is 37.5 Å². The van der Waals surface area contributed by atoms with E-state index in [0.29, 0.717) is 5.92 Å². The first-order valence-electron chi connectivity index (χ1n) is 9.15. The minimum atomic E-state index is -0.322. The van der Waals surface area contributed by atoms with Crippen LogP contribution < -0.4 is 14.8 Å². The molecule has 0 spiro atoms. The first-order chi connectivity index (χ1) is 12.4. The predicted molar refractivity (Wildman–Crippen MR) is 103 cm³/mol. The molecule has 1 N–H and O–H groups in total. The second-order valence-corrected chi connectivity index (χ2v) is 7.71. The van der Waals surface area contributed by atoms with E-state index < -0.39 is 0 Å². The Hall–Kier alpha value is -2.49. The number of carbonyl (C=O) groups is 1. The van der Waals surface area contributed by atoms with Gasteiger partial charge in [-0.25, -0.2) is 0 Å². The monoisotopic (exact) mass is 353 g/mol. The van der Waals surface area contributed by atoms with Gasteiger partial charge in [-0.2, -0.15) is 0 Å². The third kappa shape index (κ3) is 4.18. The number of fused-ring (bicyclic) bond motifs is 1. The highest BCUT2D eigenvalue weighted by molar-refractivity contribution is 5.78. The summed E-state index contributed by atoms with van der Waals surface area (Å²) in [5, 5.41) is 3.11. The van der Waals surface area contributed by atoms with Crippen LogP contribution in [-0.4, -0.2) is 18.1 Å². The fraction of sp³-hybridized carbons (Fsp3) is 0.409. The van der Waals surface area contributed by atoms with Crippen molar-refractivity contribution in [3.05, 3.63) is 59.7 Å². The van der Waals surface area contributed by atoms with Crippen LogP contribution in [0.1, 0.15) is 57.2 Å². The van der Waals surface area contributed by atoms with Crippen LogP contribution in [-0.2, 0) is 4.79 Å². The number of hydrogen-bond donors (Lipinski definition) is 1. The zero-order valence-corrected chi connectivity index (χ0v) is 15.9. The number of para-hydroxylation sites is 2. The number of hydrogen-bond acceptors (Lipinski definition) is 3. The Morgan fingerprint density at radius 3 is 2.65 bits per heavy atom. The maximum atomic E-state index is 12.5. The lowest BCUT2D eigenvalue weighted by Crippen LogP contribution is -2.42. The normalized spacial score (nSPS) is 18.0. The van der Waals surface area contributed by atoms with Gasteiger partial charge < -0.3 is 14.8 Å². The van der Waals surface area contributed by atoms with Crippen molar-refractivity contribution < 1.29 is 14.3 Å². The van der Waals surface area contributed by atoms with Gasteiger partial charge in [0.2, 0.25) is 0 Å². The molecule has 3 rings (SSSR count). The highest BCUT2D eigenvalue weighted by Gasteiger charge is 2.34. The maximum Gasteiger partial charge on any atom is 0.258 e. The summed E-state index contributed by atoms with van der Waals surface area (Å²) in [4.78, 5) is 12.5. The molecule has 0 bridgehead atoms. The molecule has 0 radical (unpaired) electrons. The fourth-order valence-corrected chi connectivity index (χ4v) is 3.40. The molecule has 4 heteroatoms. The number of rotatable bonds is 5. The highest BCUT2D eigenvalue weighted by atomic mass is 16.5. The Balaban J connectivity index is 1.67. The topological polar surface area (TPSA) is 47.6 Å². The van der Waals surface area contributed by atoms with Gasteiger partial charge in [-0.3, -0.25) is 4.79 Å². The van der Waals surface area contributed by atoms with Crippen molar-refractivity contribution in [2.24, 2.45) is 0 Å². The number of carbonyl (C=O) groups excluding carboxylic acids is 1. The molecule has 0 aliphatic carbocycles. The summed E-state index contributed by atoms with van der Waals surface area (Å²) in [5.74, 6) is 1.82. The van der Waals surface area contributed by atoms with Crippen molar-refractivity contribution in [1.29, 1.82) is 0 Å². The fourth-order valence-electron chi connectivity index (χ4n) is 3.40. The van der Waals surface area contributed by atoms with E-state index in [1.807, 2.05) is 62.4 Å². The highest BCUT2D eigenvalue weighted by Crippen LogP contribution is 2.39. The molecule has 26 heavy (non-hydrogen) atoms. The van der Waals surface area contributed by atoms with E-state index in [0.717, 1.165) is 29.0 Å². The molecule has 1 aliphatic heterocycles. The quantitative estimate of drug-likeness (QED) is 0.854. The first kappa shape index (κ1) is 18.3. The summed E-state index contributed by atoms with van der Waals surface area (Å²) in [7, 11) is 0. The van der Waals surface area contributed by atoms with Crippen LogP contribution >= 0.6 is 0 Å².